The Morgan fingerprint density at radius 3 is 2.61 bits per heavy atom. The average Bonchev–Trinajstić information content (AvgIpc) is 2.32. The molecule has 18 heavy (non-hydrogen) atoms. The molecule has 0 aliphatic carbocycles. The highest BCUT2D eigenvalue weighted by Crippen LogP contribution is 2.21. The van der Waals surface area contributed by atoms with E-state index in [1.165, 1.54) is 0 Å². The summed E-state index contributed by atoms with van der Waals surface area (Å²) in [6, 6.07) is 5.17. The zero-order chi connectivity index (χ0) is 13.1. The van der Waals surface area contributed by atoms with Crippen LogP contribution in [0.2, 0.25) is 0 Å². The van der Waals surface area contributed by atoms with Gasteiger partial charge in [-0.2, -0.15) is 0 Å². The molecule has 0 spiro atoms. The predicted octanol–water partition coefficient (Wildman–Crippen LogP) is 2.17. The first-order valence-electron chi connectivity index (χ1n) is 6.25. The number of carbonyl (C=O) groups is 1. The van der Waals surface area contributed by atoms with Gasteiger partial charge >= 0.3 is 5.97 Å². The molecule has 1 saturated heterocycles. The Balaban J connectivity index is 2.02. The SMILES string of the molecule is Cc1cc(OC2CCN(C)CC2)ccc1C(=O)O. The Morgan fingerprint density at radius 2 is 2.06 bits per heavy atom. The minimum absolute atomic E-state index is 0.247. The fraction of sp³-hybridized carbons (Fsp3) is 0.500. The standard InChI is InChI=1S/C14H19NO3/c1-10-9-12(3-4-13(10)14(16)17)18-11-5-7-15(2)8-6-11/h3-4,9,11H,5-8H2,1-2H3,(H,16,17). The van der Waals surface area contributed by atoms with Gasteiger partial charge in [0.1, 0.15) is 11.9 Å². The molecule has 1 N–H and O–H groups in total. The van der Waals surface area contributed by atoms with Crippen LogP contribution in [0.1, 0.15) is 28.8 Å². The van der Waals surface area contributed by atoms with Gasteiger partial charge in [0, 0.05) is 13.1 Å². The van der Waals surface area contributed by atoms with Crippen molar-refractivity contribution in [1.82, 2.24) is 4.90 Å². The lowest BCUT2D eigenvalue weighted by molar-refractivity contribution is 0.0696. The Labute approximate surface area is 107 Å². The molecule has 1 heterocycles. The first kappa shape index (κ1) is 12.9. The van der Waals surface area contributed by atoms with E-state index in [2.05, 4.69) is 11.9 Å². The number of ether oxygens (including phenoxy) is 1. The van der Waals surface area contributed by atoms with E-state index in [4.69, 9.17) is 9.84 Å². The van der Waals surface area contributed by atoms with Crippen molar-refractivity contribution in [2.45, 2.75) is 25.9 Å². The summed E-state index contributed by atoms with van der Waals surface area (Å²) in [5, 5.41) is 8.96. The third-order valence-corrected chi connectivity index (χ3v) is 3.40. The molecule has 1 aromatic rings. The molecular formula is C14H19NO3. The van der Waals surface area contributed by atoms with Crippen LogP contribution in [0.15, 0.2) is 18.2 Å². The quantitative estimate of drug-likeness (QED) is 0.892. The Bertz CT molecular complexity index is 437. The van der Waals surface area contributed by atoms with Crippen LogP contribution in [-0.4, -0.2) is 42.2 Å². The van der Waals surface area contributed by atoms with Crippen LogP contribution < -0.4 is 4.74 Å². The molecule has 1 aliphatic heterocycles. The maximum atomic E-state index is 10.9. The smallest absolute Gasteiger partial charge is 0.335 e. The van der Waals surface area contributed by atoms with E-state index in [1.54, 1.807) is 19.1 Å². The van der Waals surface area contributed by atoms with E-state index < -0.39 is 5.97 Å². The summed E-state index contributed by atoms with van der Waals surface area (Å²) < 4.78 is 5.90. The number of hydrogen-bond donors (Lipinski definition) is 1. The van der Waals surface area contributed by atoms with Gasteiger partial charge in [-0.05, 0) is 50.6 Å². The topological polar surface area (TPSA) is 49.8 Å². The summed E-state index contributed by atoms with van der Waals surface area (Å²) in [5.41, 5.74) is 1.08. The number of piperidine rings is 1. The maximum absolute atomic E-state index is 10.9. The van der Waals surface area contributed by atoms with E-state index in [0.717, 1.165) is 37.2 Å². The molecule has 0 saturated carbocycles. The molecule has 0 aromatic heterocycles. The fourth-order valence-corrected chi connectivity index (χ4v) is 2.24. The molecule has 1 aromatic carbocycles. The Kier molecular flexibility index (Phi) is 3.87. The predicted molar refractivity (Wildman–Crippen MR) is 69.3 cm³/mol. The summed E-state index contributed by atoms with van der Waals surface area (Å²) in [7, 11) is 2.11. The molecule has 0 radical (unpaired) electrons. The van der Waals surface area contributed by atoms with Crippen LogP contribution in [0.4, 0.5) is 0 Å². The van der Waals surface area contributed by atoms with E-state index in [9.17, 15) is 4.79 Å². The highest BCUT2D eigenvalue weighted by molar-refractivity contribution is 5.89. The van der Waals surface area contributed by atoms with Gasteiger partial charge in [0.25, 0.3) is 0 Å². The lowest BCUT2D eigenvalue weighted by atomic mass is 10.1. The van der Waals surface area contributed by atoms with Crippen molar-refractivity contribution in [3.63, 3.8) is 0 Å². The molecule has 0 amide bonds. The Morgan fingerprint density at radius 1 is 1.39 bits per heavy atom. The molecular weight excluding hydrogens is 230 g/mol. The average molecular weight is 249 g/mol. The van der Waals surface area contributed by atoms with Gasteiger partial charge in [0.15, 0.2) is 0 Å². The maximum Gasteiger partial charge on any atom is 0.335 e. The Hall–Kier alpha value is -1.55. The van der Waals surface area contributed by atoms with E-state index in [-0.39, 0.29) is 6.10 Å². The summed E-state index contributed by atoms with van der Waals surface area (Å²) in [6.07, 6.45) is 2.29. The number of rotatable bonds is 3. The van der Waals surface area contributed by atoms with Crippen molar-refractivity contribution < 1.29 is 14.6 Å². The van der Waals surface area contributed by atoms with Crippen LogP contribution >= 0.6 is 0 Å². The van der Waals surface area contributed by atoms with Gasteiger partial charge in [0.05, 0.1) is 5.56 Å². The zero-order valence-electron chi connectivity index (χ0n) is 10.8. The van der Waals surface area contributed by atoms with Crippen LogP contribution in [0, 0.1) is 6.92 Å². The van der Waals surface area contributed by atoms with Crippen molar-refractivity contribution >= 4 is 5.97 Å². The lowest BCUT2D eigenvalue weighted by Crippen LogP contribution is -2.35. The second kappa shape index (κ2) is 5.40. The first-order chi connectivity index (χ1) is 8.56. The lowest BCUT2D eigenvalue weighted by Gasteiger charge is -2.29. The number of hydrogen-bond acceptors (Lipinski definition) is 3. The van der Waals surface area contributed by atoms with Gasteiger partial charge in [-0.25, -0.2) is 4.79 Å². The van der Waals surface area contributed by atoms with Crippen molar-refractivity contribution in [3.8, 4) is 5.75 Å². The zero-order valence-corrected chi connectivity index (χ0v) is 10.8. The normalized spacial score (nSPS) is 17.7. The van der Waals surface area contributed by atoms with Crippen LogP contribution in [0.5, 0.6) is 5.75 Å². The molecule has 1 aliphatic rings. The van der Waals surface area contributed by atoms with E-state index in [1.807, 2.05) is 6.07 Å². The van der Waals surface area contributed by atoms with Crippen molar-refractivity contribution in [1.29, 1.82) is 0 Å². The molecule has 0 bridgehead atoms. The molecule has 0 atom stereocenters. The summed E-state index contributed by atoms with van der Waals surface area (Å²) in [4.78, 5) is 13.2. The van der Waals surface area contributed by atoms with Crippen LogP contribution in [-0.2, 0) is 0 Å². The van der Waals surface area contributed by atoms with Crippen LogP contribution in [0.3, 0.4) is 0 Å². The van der Waals surface area contributed by atoms with Crippen molar-refractivity contribution in [3.05, 3.63) is 29.3 Å². The largest absolute Gasteiger partial charge is 0.490 e. The third-order valence-electron chi connectivity index (χ3n) is 3.40. The molecule has 0 unspecified atom stereocenters. The minimum Gasteiger partial charge on any atom is -0.490 e. The van der Waals surface area contributed by atoms with Crippen molar-refractivity contribution in [2.75, 3.05) is 20.1 Å². The monoisotopic (exact) mass is 249 g/mol. The van der Waals surface area contributed by atoms with Crippen LogP contribution in [0.25, 0.3) is 0 Å². The minimum atomic E-state index is -0.890. The number of benzene rings is 1. The molecule has 2 rings (SSSR count). The second-order valence-corrected chi connectivity index (χ2v) is 4.90. The summed E-state index contributed by atoms with van der Waals surface area (Å²) >= 11 is 0. The van der Waals surface area contributed by atoms with Gasteiger partial charge in [-0.3, -0.25) is 0 Å². The highest BCUT2D eigenvalue weighted by atomic mass is 16.5. The molecule has 98 valence electrons. The number of aromatic carboxylic acids is 1. The summed E-state index contributed by atoms with van der Waals surface area (Å²) in [5.74, 6) is -0.120. The van der Waals surface area contributed by atoms with Gasteiger partial charge in [-0.15, -0.1) is 0 Å². The van der Waals surface area contributed by atoms with E-state index >= 15 is 0 Å². The molecule has 1 fully saturated rings. The fourth-order valence-electron chi connectivity index (χ4n) is 2.24. The number of carboxylic acid groups (broad SMARTS) is 1. The third kappa shape index (κ3) is 3.01. The molecule has 4 nitrogen and oxygen atoms in total. The molecule has 4 heteroatoms. The van der Waals surface area contributed by atoms with Crippen molar-refractivity contribution in [2.24, 2.45) is 0 Å². The summed E-state index contributed by atoms with van der Waals surface area (Å²) in [6.45, 7) is 3.90. The van der Waals surface area contributed by atoms with Gasteiger partial charge in [-0.1, -0.05) is 0 Å². The second-order valence-electron chi connectivity index (χ2n) is 4.90. The van der Waals surface area contributed by atoms with Gasteiger partial charge in [0.2, 0.25) is 0 Å². The van der Waals surface area contributed by atoms with E-state index in [0.29, 0.717) is 5.56 Å². The highest BCUT2D eigenvalue weighted by Gasteiger charge is 2.18. The number of carboxylic acids is 1. The van der Waals surface area contributed by atoms with Gasteiger partial charge < -0.3 is 14.7 Å². The number of aryl methyl sites for hydroxylation is 1. The number of nitrogens with zero attached hydrogens (tertiary/aromatic N) is 1. The first-order valence-corrected chi connectivity index (χ1v) is 6.25. The number of likely N-dealkylation sites (tertiary alicyclic amines) is 1.